The highest BCUT2D eigenvalue weighted by molar-refractivity contribution is 5.63. The van der Waals surface area contributed by atoms with E-state index < -0.39 is 6.09 Å². The predicted molar refractivity (Wildman–Crippen MR) is 52.0 cm³/mol. The summed E-state index contributed by atoms with van der Waals surface area (Å²) < 4.78 is 0. The molecule has 0 saturated heterocycles. The van der Waals surface area contributed by atoms with Crippen LogP contribution in [0, 0.1) is 0 Å². The molecule has 14 heavy (non-hydrogen) atoms. The lowest BCUT2D eigenvalue weighted by Gasteiger charge is -1.99. The van der Waals surface area contributed by atoms with E-state index in [1.54, 1.807) is 0 Å². The molecule has 0 aliphatic carbocycles. The number of hydrogen-bond donors (Lipinski definition) is 3. The highest BCUT2D eigenvalue weighted by atomic mass is 16.4. The number of nitrogens with zero attached hydrogens (tertiary/aromatic N) is 2. The molecule has 1 rings (SSSR count). The van der Waals surface area contributed by atoms with Crippen molar-refractivity contribution in [3.8, 4) is 5.75 Å². The Kier molecular flexibility index (Phi) is 4.83. The highest BCUT2D eigenvalue weighted by Gasteiger charge is 1.92. The molecule has 0 spiro atoms. The van der Waals surface area contributed by atoms with Gasteiger partial charge in [0.15, 0.2) is 5.75 Å². The minimum atomic E-state index is -0.907. The van der Waals surface area contributed by atoms with Crippen LogP contribution in [0.3, 0.4) is 0 Å². The minimum Gasteiger partial charge on any atom is -0.504 e. The lowest BCUT2D eigenvalue weighted by atomic mass is 10.4. The third-order valence-electron chi connectivity index (χ3n) is 1.22. The van der Waals surface area contributed by atoms with Crippen molar-refractivity contribution in [1.29, 1.82) is 0 Å². The van der Waals surface area contributed by atoms with Gasteiger partial charge in [0.2, 0.25) is 0 Å². The molecule has 6 nitrogen and oxygen atoms in total. The highest BCUT2D eigenvalue weighted by Crippen LogP contribution is 2.14. The van der Waals surface area contributed by atoms with Crippen molar-refractivity contribution in [1.82, 2.24) is 9.88 Å². The van der Waals surface area contributed by atoms with Gasteiger partial charge in [-0.25, -0.2) is 4.79 Å². The second-order valence-electron chi connectivity index (χ2n) is 2.61. The van der Waals surface area contributed by atoms with Gasteiger partial charge in [-0.1, -0.05) is 0 Å². The lowest BCUT2D eigenvalue weighted by Crippen LogP contribution is -2.18. The first-order valence-electron chi connectivity index (χ1n) is 3.74. The number of rotatable bonds is 0. The first-order valence-corrected chi connectivity index (χ1v) is 3.74. The number of carboxylic acid groups (broad SMARTS) is 1. The average molecular weight is 199 g/mol. The van der Waals surface area contributed by atoms with E-state index in [0.717, 1.165) is 4.90 Å². The van der Waals surface area contributed by atoms with Crippen LogP contribution in [0.5, 0.6) is 5.75 Å². The average Bonchev–Trinajstić information content (AvgIpc) is 2.11. The molecule has 1 aromatic heterocycles. The summed E-state index contributed by atoms with van der Waals surface area (Å²) in [6.07, 6.45) is 1.92. The van der Waals surface area contributed by atoms with Gasteiger partial charge in [0, 0.05) is 20.3 Å². The van der Waals surface area contributed by atoms with Crippen molar-refractivity contribution in [2.75, 3.05) is 19.8 Å². The van der Waals surface area contributed by atoms with Crippen molar-refractivity contribution in [3.63, 3.8) is 0 Å². The van der Waals surface area contributed by atoms with Crippen LogP contribution in [0.4, 0.5) is 10.5 Å². The Morgan fingerprint density at radius 2 is 2.07 bits per heavy atom. The summed E-state index contributed by atoms with van der Waals surface area (Å²) in [7, 11) is 2.95. The molecule has 0 radical (unpaired) electrons. The number of anilines is 1. The van der Waals surface area contributed by atoms with Crippen molar-refractivity contribution in [2.45, 2.75) is 0 Å². The Hall–Kier alpha value is -1.98. The van der Waals surface area contributed by atoms with E-state index in [2.05, 4.69) is 4.98 Å². The van der Waals surface area contributed by atoms with Gasteiger partial charge >= 0.3 is 6.09 Å². The van der Waals surface area contributed by atoms with Gasteiger partial charge in [0.1, 0.15) is 0 Å². The number of carbonyl (C=O) groups is 1. The minimum absolute atomic E-state index is 0.0347. The maximum Gasteiger partial charge on any atom is 0.406 e. The van der Waals surface area contributed by atoms with Gasteiger partial charge in [-0.15, -0.1) is 0 Å². The number of nitrogens with two attached hydrogens (primary N) is 1. The van der Waals surface area contributed by atoms with Crippen molar-refractivity contribution in [3.05, 3.63) is 18.5 Å². The molecule has 0 unspecified atom stereocenters. The first-order chi connectivity index (χ1) is 6.45. The maximum atomic E-state index is 9.62. The van der Waals surface area contributed by atoms with Crippen LogP contribution in [0.25, 0.3) is 0 Å². The zero-order valence-corrected chi connectivity index (χ0v) is 8.01. The van der Waals surface area contributed by atoms with Crippen molar-refractivity contribution in [2.24, 2.45) is 0 Å². The van der Waals surface area contributed by atoms with Crippen molar-refractivity contribution >= 4 is 11.8 Å². The fraction of sp³-hybridized carbons (Fsp3) is 0.250. The van der Waals surface area contributed by atoms with Crippen LogP contribution in [-0.2, 0) is 0 Å². The molecule has 0 aliphatic heterocycles. The normalized spacial score (nSPS) is 8.43. The quantitative estimate of drug-likeness (QED) is 0.568. The SMILES string of the molecule is CN(C)C(=O)O.Nc1ccncc1O. The third-order valence-corrected chi connectivity index (χ3v) is 1.22. The van der Waals surface area contributed by atoms with Crippen LogP contribution in [0.15, 0.2) is 18.5 Å². The fourth-order valence-corrected chi connectivity index (χ4v) is 0.397. The van der Waals surface area contributed by atoms with Crippen LogP contribution in [0.1, 0.15) is 0 Å². The van der Waals surface area contributed by atoms with Gasteiger partial charge in [-0.2, -0.15) is 0 Å². The van der Waals surface area contributed by atoms with E-state index in [4.69, 9.17) is 15.9 Å². The summed E-state index contributed by atoms with van der Waals surface area (Å²) in [5.74, 6) is 0.0347. The van der Waals surface area contributed by atoms with Crippen LogP contribution in [0.2, 0.25) is 0 Å². The van der Waals surface area contributed by atoms with E-state index in [0.29, 0.717) is 5.69 Å². The zero-order chi connectivity index (χ0) is 11.1. The Morgan fingerprint density at radius 1 is 1.57 bits per heavy atom. The number of aromatic hydroxyl groups is 1. The topological polar surface area (TPSA) is 99.7 Å². The molecule has 1 aromatic rings. The summed E-state index contributed by atoms with van der Waals surface area (Å²) in [4.78, 5) is 14.3. The molecule has 0 saturated carbocycles. The van der Waals surface area contributed by atoms with Crippen LogP contribution < -0.4 is 5.73 Å². The van der Waals surface area contributed by atoms with Gasteiger partial charge < -0.3 is 20.8 Å². The van der Waals surface area contributed by atoms with E-state index in [1.165, 1.54) is 32.6 Å². The summed E-state index contributed by atoms with van der Waals surface area (Å²) in [5, 5.41) is 16.6. The molecular weight excluding hydrogens is 186 g/mol. The Bertz CT molecular complexity index is 281. The molecular formula is C8H13N3O3. The van der Waals surface area contributed by atoms with Gasteiger partial charge in [-0.05, 0) is 6.07 Å². The standard InChI is InChI=1S/C5H6N2O.C3H7NO2/c6-4-1-2-7-3-5(4)8;1-4(2)3(5)6/h1-3,8H,(H2,6,7);1-2H3,(H,5,6). The van der Waals surface area contributed by atoms with Crippen LogP contribution in [-0.4, -0.2) is 40.3 Å². The van der Waals surface area contributed by atoms with E-state index in [9.17, 15) is 4.79 Å². The first kappa shape index (κ1) is 12.0. The monoisotopic (exact) mass is 199 g/mol. The second kappa shape index (κ2) is 5.63. The third kappa shape index (κ3) is 4.81. The van der Waals surface area contributed by atoms with E-state index in [1.807, 2.05) is 0 Å². The molecule has 0 aliphatic rings. The number of amides is 1. The Labute approximate surface area is 81.6 Å². The van der Waals surface area contributed by atoms with E-state index in [-0.39, 0.29) is 5.75 Å². The summed E-state index contributed by atoms with van der Waals surface area (Å²) in [6, 6.07) is 1.54. The molecule has 0 aromatic carbocycles. The molecule has 0 fully saturated rings. The Morgan fingerprint density at radius 3 is 2.29 bits per heavy atom. The lowest BCUT2D eigenvalue weighted by molar-refractivity contribution is 0.165. The molecule has 0 bridgehead atoms. The van der Waals surface area contributed by atoms with E-state index >= 15 is 0 Å². The number of pyridine rings is 1. The summed E-state index contributed by atoms with van der Waals surface area (Å²) in [6.45, 7) is 0. The Balaban J connectivity index is 0.000000255. The van der Waals surface area contributed by atoms with Gasteiger partial charge in [0.25, 0.3) is 0 Å². The number of hydrogen-bond acceptors (Lipinski definition) is 4. The second-order valence-corrected chi connectivity index (χ2v) is 2.61. The van der Waals surface area contributed by atoms with Crippen LogP contribution >= 0.6 is 0 Å². The molecule has 1 heterocycles. The zero-order valence-electron chi connectivity index (χ0n) is 8.01. The molecule has 78 valence electrons. The number of aromatic nitrogens is 1. The summed E-state index contributed by atoms with van der Waals surface area (Å²) >= 11 is 0. The van der Waals surface area contributed by atoms with Gasteiger partial charge in [-0.3, -0.25) is 4.98 Å². The molecule has 4 N–H and O–H groups in total. The van der Waals surface area contributed by atoms with Gasteiger partial charge in [0.05, 0.1) is 11.9 Å². The van der Waals surface area contributed by atoms with Crippen molar-refractivity contribution < 1.29 is 15.0 Å². The summed E-state index contributed by atoms with van der Waals surface area (Å²) in [5.41, 5.74) is 5.59. The number of nitrogen functional groups attached to an aromatic ring is 1. The maximum absolute atomic E-state index is 9.62. The largest absolute Gasteiger partial charge is 0.504 e. The molecule has 6 heteroatoms. The molecule has 1 amide bonds. The molecule has 0 atom stereocenters. The predicted octanol–water partition coefficient (Wildman–Crippen LogP) is 0.595. The smallest absolute Gasteiger partial charge is 0.406 e. The fourth-order valence-electron chi connectivity index (χ4n) is 0.397.